The van der Waals surface area contributed by atoms with Crippen LogP contribution >= 0.6 is 11.6 Å². The van der Waals surface area contributed by atoms with E-state index >= 15 is 0 Å². The predicted molar refractivity (Wildman–Crippen MR) is 66.7 cm³/mol. The van der Waals surface area contributed by atoms with Crippen molar-refractivity contribution in [2.75, 3.05) is 11.6 Å². The van der Waals surface area contributed by atoms with Gasteiger partial charge in [0, 0.05) is 11.9 Å². The maximum absolute atomic E-state index is 11.3. The lowest BCUT2D eigenvalue weighted by Crippen LogP contribution is -1.97. The van der Waals surface area contributed by atoms with E-state index in [9.17, 15) is 8.42 Å². The van der Waals surface area contributed by atoms with Crippen molar-refractivity contribution in [1.82, 2.24) is 10.2 Å². The van der Waals surface area contributed by atoms with Crippen LogP contribution in [0.15, 0.2) is 33.6 Å². The molecule has 18 heavy (non-hydrogen) atoms. The smallest absolute Gasteiger partial charge is 0.320 e. The number of alkyl halides is 1. The highest BCUT2D eigenvalue weighted by Crippen LogP contribution is 2.18. The fourth-order valence-corrected chi connectivity index (χ4v) is 2.01. The molecule has 2 aromatic rings. The summed E-state index contributed by atoms with van der Waals surface area (Å²) < 4.78 is 27.7. The van der Waals surface area contributed by atoms with Crippen LogP contribution in [0.1, 0.15) is 5.89 Å². The van der Waals surface area contributed by atoms with E-state index < -0.39 is 9.84 Å². The zero-order valence-electron chi connectivity index (χ0n) is 9.42. The van der Waals surface area contributed by atoms with E-state index in [4.69, 9.17) is 16.0 Å². The Morgan fingerprint density at radius 3 is 2.44 bits per heavy atom. The first-order valence-corrected chi connectivity index (χ1v) is 7.37. The van der Waals surface area contributed by atoms with Crippen LogP contribution in [0.3, 0.4) is 0 Å². The third-order valence-corrected chi connectivity index (χ3v) is 3.47. The Labute approximate surface area is 109 Å². The van der Waals surface area contributed by atoms with Gasteiger partial charge < -0.3 is 9.73 Å². The fourth-order valence-electron chi connectivity index (χ4n) is 1.27. The van der Waals surface area contributed by atoms with E-state index in [1.54, 1.807) is 12.1 Å². The second-order valence-electron chi connectivity index (χ2n) is 3.56. The molecule has 0 amide bonds. The molecule has 0 fully saturated rings. The fraction of sp³-hybridized carbons (Fsp3) is 0.200. The highest BCUT2D eigenvalue weighted by atomic mass is 35.5. The van der Waals surface area contributed by atoms with Crippen LogP contribution in [-0.4, -0.2) is 24.9 Å². The van der Waals surface area contributed by atoms with Crippen molar-refractivity contribution in [2.45, 2.75) is 10.8 Å². The van der Waals surface area contributed by atoms with Crippen molar-refractivity contribution < 1.29 is 12.8 Å². The van der Waals surface area contributed by atoms with Crippen LogP contribution in [0.5, 0.6) is 0 Å². The average Bonchev–Trinajstić information content (AvgIpc) is 2.76. The summed E-state index contributed by atoms with van der Waals surface area (Å²) in [5.41, 5.74) is 0.646. The minimum atomic E-state index is -3.19. The molecule has 0 spiro atoms. The number of rotatable bonds is 4. The minimum absolute atomic E-state index is 0.141. The van der Waals surface area contributed by atoms with Crippen molar-refractivity contribution >= 4 is 33.1 Å². The van der Waals surface area contributed by atoms with Crippen LogP contribution in [-0.2, 0) is 15.7 Å². The first-order valence-electron chi connectivity index (χ1n) is 4.94. The van der Waals surface area contributed by atoms with E-state index in [-0.39, 0.29) is 16.8 Å². The van der Waals surface area contributed by atoms with Gasteiger partial charge in [0.1, 0.15) is 5.88 Å². The Morgan fingerprint density at radius 1 is 1.28 bits per heavy atom. The summed E-state index contributed by atoms with van der Waals surface area (Å²) >= 11 is 5.52. The van der Waals surface area contributed by atoms with E-state index in [1.807, 2.05) is 0 Å². The Bertz CT molecular complexity index is 637. The van der Waals surface area contributed by atoms with Gasteiger partial charge in [-0.15, -0.1) is 16.7 Å². The van der Waals surface area contributed by atoms with E-state index in [1.165, 1.54) is 12.1 Å². The molecule has 1 aromatic heterocycles. The molecule has 96 valence electrons. The molecule has 0 aliphatic rings. The molecule has 0 saturated carbocycles. The van der Waals surface area contributed by atoms with E-state index in [0.717, 1.165) is 6.26 Å². The predicted octanol–water partition coefficient (Wildman–Crippen LogP) is 1.96. The molecule has 1 aromatic carbocycles. The van der Waals surface area contributed by atoms with Gasteiger partial charge in [-0.2, -0.15) is 0 Å². The summed E-state index contributed by atoms with van der Waals surface area (Å²) in [4.78, 5) is 0.250. The molecule has 0 bridgehead atoms. The maximum Gasteiger partial charge on any atom is 0.320 e. The van der Waals surface area contributed by atoms with Gasteiger partial charge in [-0.3, -0.25) is 0 Å². The Balaban J connectivity index is 2.15. The number of hydrogen-bond donors (Lipinski definition) is 1. The summed E-state index contributed by atoms with van der Waals surface area (Å²) in [6, 6.07) is 6.42. The van der Waals surface area contributed by atoms with Crippen molar-refractivity contribution in [3.05, 3.63) is 30.2 Å². The lowest BCUT2D eigenvalue weighted by Gasteiger charge is -2.02. The monoisotopic (exact) mass is 287 g/mol. The molecule has 0 unspecified atom stereocenters. The number of anilines is 2. The third-order valence-electron chi connectivity index (χ3n) is 2.11. The van der Waals surface area contributed by atoms with Crippen LogP contribution in [0.4, 0.5) is 11.7 Å². The molecule has 0 radical (unpaired) electrons. The quantitative estimate of drug-likeness (QED) is 0.865. The lowest BCUT2D eigenvalue weighted by molar-refractivity contribution is 0.530. The SMILES string of the molecule is CS(=O)(=O)c1ccc(Nc2nnc(CCl)o2)cc1. The first-order chi connectivity index (χ1) is 8.49. The number of aromatic nitrogens is 2. The van der Waals surface area contributed by atoms with Gasteiger partial charge in [-0.25, -0.2) is 8.42 Å². The molecule has 0 aliphatic carbocycles. The summed E-state index contributed by atoms with van der Waals surface area (Å²) in [5, 5.41) is 10.2. The van der Waals surface area contributed by atoms with Gasteiger partial charge in [-0.05, 0) is 24.3 Å². The second kappa shape index (κ2) is 4.95. The van der Waals surface area contributed by atoms with Gasteiger partial charge in [0.05, 0.1) is 4.90 Å². The Kier molecular flexibility index (Phi) is 3.53. The molecule has 0 saturated heterocycles. The molecule has 0 atom stereocenters. The molecule has 0 aliphatic heterocycles. The highest BCUT2D eigenvalue weighted by molar-refractivity contribution is 7.90. The largest absolute Gasteiger partial charge is 0.407 e. The van der Waals surface area contributed by atoms with Gasteiger partial charge in [0.15, 0.2) is 9.84 Å². The summed E-state index contributed by atoms with van der Waals surface area (Å²) in [5.74, 6) is 0.453. The van der Waals surface area contributed by atoms with Crippen LogP contribution in [0, 0.1) is 0 Å². The number of benzene rings is 1. The molecule has 2 rings (SSSR count). The summed E-state index contributed by atoms with van der Waals surface area (Å²) in [6.07, 6.45) is 1.15. The number of nitrogens with zero attached hydrogens (tertiary/aromatic N) is 2. The van der Waals surface area contributed by atoms with Crippen molar-refractivity contribution in [1.29, 1.82) is 0 Å². The molecule has 6 nitrogen and oxygen atoms in total. The van der Waals surface area contributed by atoms with E-state index in [2.05, 4.69) is 15.5 Å². The number of halogens is 1. The lowest BCUT2D eigenvalue weighted by atomic mass is 10.3. The minimum Gasteiger partial charge on any atom is -0.407 e. The van der Waals surface area contributed by atoms with Gasteiger partial charge in [0.2, 0.25) is 5.89 Å². The second-order valence-corrected chi connectivity index (χ2v) is 5.84. The highest BCUT2D eigenvalue weighted by Gasteiger charge is 2.08. The van der Waals surface area contributed by atoms with Gasteiger partial charge in [0.25, 0.3) is 0 Å². The van der Waals surface area contributed by atoms with Gasteiger partial charge >= 0.3 is 6.01 Å². The number of hydrogen-bond acceptors (Lipinski definition) is 6. The van der Waals surface area contributed by atoms with E-state index in [0.29, 0.717) is 11.6 Å². The van der Waals surface area contributed by atoms with Crippen molar-refractivity contribution in [3.63, 3.8) is 0 Å². The van der Waals surface area contributed by atoms with Crippen LogP contribution in [0.25, 0.3) is 0 Å². The van der Waals surface area contributed by atoms with Crippen LogP contribution in [0.2, 0.25) is 0 Å². The summed E-state index contributed by atoms with van der Waals surface area (Å²) in [6.45, 7) is 0. The normalized spacial score (nSPS) is 11.4. The summed E-state index contributed by atoms with van der Waals surface area (Å²) in [7, 11) is -3.19. The molecular weight excluding hydrogens is 278 g/mol. The Morgan fingerprint density at radius 2 is 1.94 bits per heavy atom. The number of nitrogens with one attached hydrogen (secondary N) is 1. The number of sulfone groups is 1. The first kappa shape index (κ1) is 12.8. The van der Waals surface area contributed by atoms with Crippen molar-refractivity contribution in [2.24, 2.45) is 0 Å². The molecule has 1 heterocycles. The molecule has 8 heteroatoms. The standard InChI is InChI=1S/C10H10ClN3O3S/c1-18(15,16)8-4-2-7(3-5-8)12-10-14-13-9(6-11)17-10/h2-5H,6H2,1H3,(H,12,14). The maximum atomic E-state index is 11.3. The molecular formula is C10H10ClN3O3S. The van der Waals surface area contributed by atoms with Crippen LogP contribution < -0.4 is 5.32 Å². The third kappa shape index (κ3) is 2.99. The zero-order chi connectivity index (χ0) is 13.2. The van der Waals surface area contributed by atoms with Gasteiger partial charge in [-0.1, -0.05) is 5.10 Å². The zero-order valence-corrected chi connectivity index (χ0v) is 11.0. The average molecular weight is 288 g/mol. The topological polar surface area (TPSA) is 85.1 Å². The Hall–Kier alpha value is -1.60. The van der Waals surface area contributed by atoms with Crippen molar-refractivity contribution in [3.8, 4) is 0 Å². The molecule has 1 N–H and O–H groups in total.